The number of anilines is 1. The lowest BCUT2D eigenvalue weighted by Crippen LogP contribution is -2.41. The third-order valence-electron chi connectivity index (χ3n) is 2.90. The molecular weight excluding hydrogens is 296 g/mol. The number of fused-ring (bicyclic) bond motifs is 1. The maximum atomic E-state index is 12.0. The zero-order chi connectivity index (χ0) is 15.4. The molecule has 0 aliphatic carbocycles. The molecule has 0 spiro atoms. The lowest BCUT2D eigenvalue weighted by atomic mass is 10.1. The van der Waals surface area contributed by atoms with Gasteiger partial charge in [-0.15, -0.1) is 11.8 Å². The van der Waals surface area contributed by atoms with Gasteiger partial charge in [0.25, 0.3) is 5.91 Å². The van der Waals surface area contributed by atoms with Crippen LogP contribution in [0.15, 0.2) is 23.1 Å². The molecule has 0 aromatic heterocycles. The average molecular weight is 310 g/mol. The predicted octanol–water partition coefficient (Wildman–Crippen LogP) is 0.296. The van der Waals surface area contributed by atoms with E-state index in [-0.39, 0.29) is 24.5 Å². The van der Waals surface area contributed by atoms with Crippen LogP contribution in [0.25, 0.3) is 0 Å². The van der Waals surface area contributed by atoms with Crippen LogP contribution >= 0.6 is 11.8 Å². The van der Waals surface area contributed by atoms with Crippen molar-refractivity contribution < 1.29 is 24.6 Å². The number of aliphatic carboxylic acids is 1. The standard InChI is InChI=1S/C13H14N2O5S/c16-4-3-8(13(19)20)15-12(18)7-1-2-10-9(5-7)14-11(17)6-21-10/h1-2,5,8,16H,3-4,6H2,(H,14,17)(H,15,18)(H,19,20). The highest BCUT2D eigenvalue weighted by Crippen LogP contribution is 2.31. The lowest BCUT2D eigenvalue weighted by molar-refractivity contribution is -0.139. The second kappa shape index (κ2) is 6.59. The summed E-state index contributed by atoms with van der Waals surface area (Å²) in [4.78, 5) is 35.2. The fourth-order valence-corrected chi connectivity index (χ4v) is 2.64. The summed E-state index contributed by atoms with van der Waals surface area (Å²) in [6.45, 7) is -0.339. The maximum absolute atomic E-state index is 12.0. The van der Waals surface area contributed by atoms with E-state index in [2.05, 4.69) is 10.6 Å². The smallest absolute Gasteiger partial charge is 0.326 e. The van der Waals surface area contributed by atoms with E-state index in [1.54, 1.807) is 12.1 Å². The number of rotatable bonds is 5. The monoisotopic (exact) mass is 310 g/mol. The van der Waals surface area contributed by atoms with Gasteiger partial charge in [0.2, 0.25) is 5.91 Å². The highest BCUT2D eigenvalue weighted by molar-refractivity contribution is 8.00. The van der Waals surface area contributed by atoms with Crippen molar-refractivity contribution in [1.82, 2.24) is 5.32 Å². The first-order chi connectivity index (χ1) is 10.0. The molecule has 4 N–H and O–H groups in total. The van der Waals surface area contributed by atoms with Crippen LogP contribution in [-0.2, 0) is 9.59 Å². The Hall–Kier alpha value is -2.06. The van der Waals surface area contributed by atoms with Crippen molar-refractivity contribution in [3.8, 4) is 0 Å². The zero-order valence-corrected chi connectivity index (χ0v) is 11.8. The Balaban J connectivity index is 2.14. The summed E-state index contributed by atoms with van der Waals surface area (Å²) in [6, 6.07) is 3.63. The first-order valence-electron chi connectivity index (χ1n) is 6.22. The van der Waals surface area contributed by atoms with E-state index in [0.29, 0.717) is 11.4 Å². The summed E-state index contributed by atoms with van der Waals surface area (Å²) in [7, 11) is 0. The molecule has 1 aromatic rings. The topological polar surface area (TPSA) is 116 Å². The number of amides is 2. The van der Waals surface area contributed by atoms with Crippen molar-refractivity contribution in [2.24, 2.45) is 0 Å². The average Bonchev–Trinajstić information content (AvgIpc) is 2.45. The third kappa shape index (κ3) is 3.73. The Morgan fingerprint density at radius 1 is 1.43 bits per heavy atom. The molecule has 2 amide bonds. The number of carbonyl (C=O) groups excluding carboxylic acids is 2. The normalized spacial score (nSPS) is 14.8. The SMILES string of the molecule is O=C1CSc2ccc(C(=O)NC(CCO)C(=O)O)cc2N1. The van der Waals surface area contributed by atoms with E-state index in [4.69, 9.17) is 10.2 Å². The highest BCUT2D eigenvalue weighted by Gasteiger charge is 2.22. The molecule has 0 fully saturated rings. The second-order valence-electron chi connectivity index (χ2n) is 4.42. The molecule has 21 heavy (non-hydrogen) atoms. The summed E-state index contributed by atoms with van der Waals surface area (Å²) < 4.78 is 0. The summed E-state index contributed by atoms with van der Waals surface area (Å²) in [5.41, 5.74) is 0.790. The molecule has 112 valence electrons. The number of benzene rings is 1. The van der Waals surface area contributed by atoms with Crippen molar-refractivity contribution >= 4 is 35.2 Å². The number of carboxylic acid groups (broad SMARTS) is 1. The van der Waals surface area contributed by atoms with Crippen molar-refractivity contribution in [2.75, 3.05) is 17.7 Å². The predicted molar refractivity (Wildman–Crippen MR) is 76.4 cm³/mol. The molecular formula is C13H14N2O5S. The van der Waals surface area contributed by atoms with Crippen LogP contribution in [-0.4, -0.2) is 46.4 Å². The molecule has 0 radical (unpaired) electrons. The molecule has 0 saturated carbocycles. The van der Waals surface area contributed by atoms with E-state index in [1.165, 1.54) is 17.8 Å². The molecule has 2 rings (SSSR count). The Morgan fingerprint density at radius 3 is 2.86 bits per heavy atom. The molecule has 7 nitrogen and oxygen atoms in total. The molecule has 1 atom stereocenters. The minimum Gasteiger partial charge on any atom is -0.480 e. The van der Waals surface area contributed by atoms with Crippen molar-refractivity contribution in [3.05, 3.63) is 23.8 Å². The quantitative estimate of drug-likeness (QED) is 0.621. The number of aliphatic hydroxyl groups excluding tert-OH is 1. The van der Waals surface area contributed by atoms with Gasteiger partial charge in [0.05, 0.1) is 11.4 Å². The molecule has 1 unspecified atom stereocenters. The summed E-state index contributed by atoms with van der Waals surface area (Å²) >= 11 is 1.37. The van der Waals surface area contributed by atoms with E-state index < -0.39 is 17.9 Å². The van der Waals surface area contributed by atoms with Gasteiger partial charge in [0, 0.05) is 23.5 Å². The van der Waals surface area contributed by atoms with Gasteiger partial charge in [-0.25, -0.2) is 4.79 Å². The lowest BCUT2D eigenvalue weighted by Gasteiger charge is -2.18. The first kappa shape index (κ1) is 15.3. The fourth-order valence-electron chi connectivity index (χ4n) is 1.85. The van der Waals surface area contributed by atoms with Gasteiger partial charge in [-0.05, 0) is 18.2 Å². The van der Waals surface area contributed by atoms with Crippen molar-refractivity contribution in [3.63, 3.8) is 0 Å². The highest BCUT2D eigenvalue weighted by atomic mass is 32.2. The van der Waals surface area contributed by atoms with Crippen molar-refractivity contribution in [2.45, 2.75) is 17.4 Å². The Bertz CT molecular complexity index is 590. The molecule has 0 saturated heterocycles. The number of thioether (sulfide) groups is 1. The Labute approximate surface area is 124 Å². The van der Waals surface area contributed by atoms with E-state index >= 15 is 0 Å². The van der Waals surface area contributed by atoms with E-state index in [9.17, 15) is 14.4 Å². The molecule has 1 aliphatic heterocycles. The summed E-state index contributed by atoms with van der Waals surface area (Å²) in [5.74, 6) is -1.59. The zero-order valence-electron chi connectivity index (χ0n) is 11.0. The van der Waals surface area contributed by atoms with Crippen LogP contribution in [0.5, 0.6) is 0 Å². The largest absolute Gasteiger partial charge is 0.480 e. The number of nitrogens with one attached hydrogen (secondary N) is 2. The van der Waals surface area contributed by atoms with E-state index in [1.807, 2.05) is 0 Å². The van der Waals surface area contributed by atoms with Crippen LogP contribution in [0.3, 0.4) is 0 Å². The van der Waals surface area contributed by atoms with Gasteiger partial charge in [-0.2, -0.15) is 0 Å². The van der Waals surface area contributed by atoms with Crippen LogP contribution in [0.1, 0.15) is 16.8 Å². The Kier molecular flexibility index (Phi) is 4.81. The molecule has 1 heterocycles. The number of aliphatic hydroxyl groups is 1. The van der Waals surface area contributed by atoms with Crippen LogP contribution in [0.4, 0.5) is 5.69 Å². The minimum atomic E-state index is -1.21. The summed E-state index contributed by atoms with van der Waals surface area (Å²) in [6.07, 6.45) is -0.0708. The van der Waals surface area contributed by atoms with Crippen LogP contribution < -0.4 is 10.6 Å². The number of hydrogen-bond donors (Lipinski definition) is 4. The molecule has 1 aliphatic rings. The number of hydrogen-bond acceptors (Lipinski definition) is 5. The number of carboxylic acids is 1. The van der Waals surface area contributed by atoms with Gasteiger partial charge in [0.15, 0.2) is 0 Å². The molecule has 0 bridgehead atoms. The van der Waals surface area contributed by atoms with Gasteiger partial charge in [-0.1, -0.05) is 0 Å². The third-order valence-corrected chi connectivity index (χ3v) is 3.97. The number of carbonyl (C=O) groups is 3. The van der Waals surface area contributed by atoms with Gasteiger partial charge in [-0.3, -0.25) is 9.59 Å². The molecule has 8 heteroatoms. The second-order valence-corrected chi connectivity index (χ2v) is 5.44. The maximum Gasteiger partial charge on any atom is 0.326 e. The van der Waals surface area contributed by atoms with Crippen LogP contribution in [0, 0.1) is 0 Å². The van der Waals surface area contributed by atoms with Crippen LogP contribution in [0.2, 0.25) is 0 Å². The minimum absolute atomic E-state index is 0.0708. The van der Waals surface area contributed by atoms with Gasteiger partial charge in [0.1, 0.15) is 6.04 Å². The molecule has 1 aromatic carbocycles. The first-order valence-corrected chi connectivity index (χ1v) is 7.21. The van der Waals surface area contributed by atoms with Gasteiger partial charge < -0.3 is 20.8 Å². The Morgan fingerprint density at radius 2 is 2.19 bits per heavy atom. The van der Waals surface area contributed by atoms with Crippen molar-refractivity contribution in [1.29, 1.82) is 0 Å². The summed E-state index contributed by atoms with van der Waals surface area (Å²) in [5, 5.41) is 22.7. The van der Waals surface area contributed by atoms with E-state index in [0.717, 1.165) is 4.90 Å². The van der Waals surface area contributed by atoms with Gasteiger partial charge >= 0.3 is 5.97 Å². The fraction of sp³-hybridized carbons (Fsp3) is 0.308.